The first-order valence-electron chi connectivity index (χ1n) is 8.32. The Balaban J connectivity index is 1.69. The van der Waals surface area contributed by atoms with Gasteiger partial charge < -0.3 is 10.1 Å². The van der Waals surface area contributed by atoms with Crippen LogP contribution in [0.25, 0.3) is 16.8 Å². The Hall–Kier alpha value is -2.31. The summed E-state index contributed by atoms with van der Waals surface area (Å²) >= 11 is 0. The quantitative estimate of drug-likeness (QED) is 0.645. The molecule has 3 aromatic rings. The van der Waals surface area contributed by atoms with E-state index in [1.807, 2.05) is 24.4 Å². The van der Waals surface area contributed by atoms with Gasteiger partial charge in [0, 0.05) is 30.5 Å². The molecule has 0 aliphatic heterocycles. The summed E-state index contributed by atoms with van der Waals surface area (Å²) in [6, 6.07) is 12.4. The highest BCUT2D eigenvalue weighted by Crippen LogP contribution is 2.21. The van der Waals surface area contributed by atoms with Crippen LogP contribution < -0.4 is 5.32 Å². The van der Waals surface area contributed by atoms with Crippen LogP contribution in [-0.2, 0) is 11.3 Å². The van der Waals surface area contributed by atoms with E-state index in [-0.39, 0.29) is 6.10 Å². The maximum Gasteiger partial charge on any atom is 0.183 e. The highest BCUT2D eigenvalue weighted by atomic mass is 16.5. The molecule has 1 N–H and O–H groups in total. The lowest BCUT2D eigenvalue weighted by molar-refractivity contribution is 0.0770. The van der Waals surface area contributed by atoms with Gasteiger partial charge in [0.25, 0.3) is 0 Å². The Bertz CT molecular complexity index is 769. The van der Waals surface area contributed by atoms with Gasteiger partial charge in [0.1, 0.15) is 0 Å². The minimum absolute atomic E-state index is 0.286. The first kappa shape index (κ1) is 16.5. The lowest BCUT2D eigenvalue weighted by atomic mass is 10.1. The first-order chi connectivity index (χ1) is 11.7. The van der Waals surface area contributed by atoms with Crippen LogP contribution >= 0.6 is 0 Å². The van der Waals surface area contributed by atoms with Crippen molar-refractivity contribution in [2.45, 2.75) is 32.9 Å². The first-order valence-corrected chi connectivity index (χ1v) is 8.32. The van der Waals surface area contributed by atoms with Crippen molar-refractivity contribution in [3.05, 3.63) is 48.2 Å². The summed E-state index contributed by atoms with van der Waals surface area (Å²) in [5.41, 5.74) is 4.14. The van der Waals surface area contributed by atoms with E-state index >= 15 is 0 Å². The van der Waals surface area contributed by atoms with Crippen molar-refractivity contribution in [3.8, 4) is 11.1 Å². The Labute approximate surface area is 141 Å². The summed E-state index contributed by atoms with van der Waals surface area (Å²) in [6.07, 6.45) is 3.23. The maximum atomic E-state index is 5.55. The predicted molar refractivity (Wildman–Crippen MR) is 93.6 cm³/mol. The largest absolute Gasteiger partial charge is 0.379 e. The summed E-state index contributed by atoms with van der Waals surface area (Å²) in [5, 5.41) is 15.4. The third kappa shape index (κ3) is 4.15. The number of benzene rings is 1. The number of hydrogen-bond acceptors (Lipinski definition) is 5. The normalized spacial score (nSPS) is 11.5. The number of fused-ring (bicyclic) bond motifs is 1. The van der Waals surface area contributed by atoms with Gasteiger partial charge in [-0.2, -0.15) is 4.52 Å². The van der Waals surface area contributed by atoms with E-state index in [0.717, 1.165) is 48.5 Å². The lowest BCUT2D eigenvalue weighted by Gasteiger charge is -2.10. The van der Waals surface area contributed by atoms with E-state index in [1.54, 1.807) is 4.52 Å². The van der Waals surface area contributed by atoms with Crippen molar-refractivity contribution in [2.24, 2.45) is 0 Å². The lowest BCUT2D eigenvalue weighted by Crippen LogP contribution is -2.18. The molecule has 6 heteroatoms. The molecular formula is C18H23N5O. The van der Waals surface area contributed by atoms with Crippen molar-refractivity contribution < 1.29 is 4.74 Å². The highest BCUT2D eigenvalue weighted by molar-refractivity contribution is 5.66. The Morgan fingerprint density at radius 1 is 1.17 bits per heavy atom. The van der Waals surface area contributed by atoms with Crippen LogP contribution in [-0.4, -0.2) is 39.3 Å². The smallest absolute Gasteiger partial charge is 0.183 e. The van der Waals surface area contributed by atoms with Crippen molar-refractivity contribution in [3.63, 3.8) is 0 Å². The van der Waals surface area contributed by atoms with Gasteiger partial charge in [0.2, 0.25) is 0 Å². The summed E-state index contributed by atoms with van der Waals surface area (Å²) < 4.78 is 7.29. The summed E-state index contributed by atoms with van der Waals surface area (Å²) in [6.45, 7) is 6.51. The maximum absolute atomic E-state index is 5.55. The molecule has 0 atom stereocenters. The van der Waals surface area contributed by atoms with Crippen LogP contribution in [0.1, 0.15) is 25.8 Å². The van der Waals surface area contributed by atoms with Crippen molar-refractivity contribution in [2.75, 3.05) is 13.2 Å². The number of aromatic nitrogens is 4. The van der Waals surface area contributed by atoms with E-state index in [1.165, 1.54) is 0 Å². The molecule has 2 heterocycles. The monoisotopic (exact) mass is 325 g/mol. The second-order valence-electron chi connectivity index (χ2n) is 6.02. The molecule has 0 aliphatic rings. The number of rotatable bonds is 8. The van der Waals surface area contributed by atoms with Gasteiger partial charge in [-0.15, -0.1) is 5.10 Å². The Kier molecular flexibility index (Phi) is 5.51. The minimum atomic E-state index is 0.286. The van der Waals surface area contributed by atoms with E-state index in [2.05, 4.69) is 52.9 Å². The minimum Gasteiger partial charge on any atom is -0.379 e. The van der Waals surface area contributed by atoms with Crippen LogP contribution in [0.2, 0.25) is 0 Å². The molecule has 0 saturated heterocycles. The molecule has 24 heavy (non-hydrogen) atoms. The molecule has 3 rings (SSSR count). The average molecular weight is 325 g/mol. The van der Waals surface area contributed by atoms with E-state index in [9.17, 15) is 0 Å². The predicted octanol–water partition coefficient (Wildman–Crippen LogP) is 2.70. The standard InChI is InChI=1S/C18H23N5O/c1-14(2)24-10-6-9-19-12-16-11-17(15-7-4-3-5-8-15)13-23-18(16)20-21-22-23/h3-5,7-8,11,13-14,19H,6,9-10,12H2,1-2H3. The molecule has 0 spiro atoms. The fraction of sp³-hybridized carbons (Fsp3) is 0.389. The molecule has 0 bridgehead atoms. The third-order valence-electron chi connectivity index (χ3n) is 3.74. The number of pyridine rings is 1. The fourth-order valence-electron chi connectivity index (χ4n) is 2.57. The summed E-state index contributed by atoms with van der Waals surface area (Å²) in [7, 11) is 0. The summed E-state index contributed by atoms with van der Waals surface area (Å²) in [4.78, 5) is 0. The number of hydrogen-bond donors (Lipinski definition) is 1. The van der Waals surface area contributed by atoms with Gasteiger partial charge in [-0.3, -0.25) is 0 Å². The van der Waals surface area contributed by atoms with E-state index in [0.29, 0.717) is 0 Å². The zero-order chi connectivity index (χ0) is 16.8. The van der Waals surface area contributed by atoms with E-state index in [4.69, 9.17) is 4.74 Å². The number of nitrogens with zero attached hydrogens (tertiary/aromatic N) is 4. The number of ether oxygens (including phenoxy) is 1. The van der Waals surface area contributed by atoms with Gasteiger partial charge >= 0.3 is 0 Å². The van der Waals surface area contributed by atoms with Crippen molar-refractivity contribution >= 4 is 5.65 Å². The molecule has 2 aromatic heterocycles. The molecule has 0 saturated carbocycles. The third-order valence-corrected chi connectivity index (χ3v) is 3.74. The number of nitrogens with one attached hydrogen (secondary N) is 1. The molecule has 1 aromatic carbocycles. The molecular weight excluding hydrogens is 302 g/mol. The molecule has 0 fully saturated rings. The molecule has 0 aliphatic carbocycles. The van der Waals surface area contributed by atoms with Crippen molar-refractivity contribution in [1.82, 2.24) is 25.4 Å². The molecule has 0 radical (unpaired) electrons. The number of tetrazole rings is 1. The zero-order valence-electron chi connectivity index (χ0n) is 14.1. The topological polar surface area (TPSA) is 64.3 Å². The van der Waals surface area contributed by atoms with Gasteiger partial charge in [-0.05, 0) is 48.9 Å². The SMILES string of the molecule is CC(C)OCCCNCc1cc(-c2ccccc2)cn2nnnc12. The van der Waals surface area contributed by atoms with Crippen LogP contribution in [0, 0.1) is 0 Å². The van der Waals surface area contributed by atoms with Gasteiger partial charge in [0.15, 0.2) is 5.65 Å². The zero-order valence-corrected chi connectivity index (χ0v) is 14.1. The highest BCUT2D eigenvalue weighted by Gasteiger charge is 2.08. The molecule has 0 unspecified atom stereocenters. The van der Waals surface area contributed by atoms with E-state index < -0.39 is 0 Å². The second-order valence-corrected chi connectivity index (χ2v) is 6.02. The average Bonchev–Trinajstić information content (AvgIpc) is 3.07. The Morgan fingerprint density at radius 3 is 2.79 bits per heavy atom. The Morgan fingerprint density at radius 2 is 2.00 bits per heavy atom. The fourth-order valence-corrected chi connectivity index (χ4v) is 2.57. The van der Waals surface area contributed by atoms with Gasteiger partial charge in [-0.25, -0.2) is 0 Å². The van der Waals surface area contributed by atoms with Crippen LogP contribution in [0.15, 0.2) is 42.6 Å². The van der Waals surface area contributed by atoms with Gasteiger partial charge in [0.05, 0.1) is 6.10 Å². The molecule has 126 valence electrons. The van der Waals surface area contributed by atoms with Crippen LogP contribution in [0.3, 0.4) is 0 Å². The molecule has 6 nitrogen and oxygen atoms in total. The molecule has 0 amide bonds. The second kappa shape index (κ2) is 7.99. The van der Waals surface area contributed by atoms with Gasteiger partial charge in [-0.1, -0.05) is 30.3 Å². The summed E-state index contributed by atoms with van der Waals surface area (Å²) in [5.74, 6) is 0. The van der Waals surface area contributed by atoms with Crippen LogP contribution in [0.4, 0.5) is 0 Å². The van der Waals surface area contributed by atoms with Crippen molar-refractivity contribution in [1.29, 1.82) is 0 Å². The van der Waals surface area contributed by atoms with Crippen LogP contribution in [0.5, 0.6) is 0 Å².